The Morgan fingerprint density at radius 3 is 2.78 bits per heavy atom. The fourth-order valence-corrected chi connectivity index (χ4v) is 1.24. The number of non-ortho nitro benzene ring substituents is 1. The number of carbonyl (C=O) groups is 2. The first-order valence-corrected chi connectivity index (χ1v) is 5.11. The van der Waals surface area contributed by atoms with Gasteiger partial charge in [-0.25, -0.2) is 0 Å². The molecular weight excluding hydrogens is 238 g/mol. The average molecular weight is 249 g/mol. The topological polar surface area (TPSA) is 86.5 Å². The van der Waals surface area contributed by atoms with E-state index in [1.807, 2.05) is 0 Å². The van der Waals surface area contributed by atoms with Gasteiger partial charge in [-0.15, -0.1) is 0 Å². The smallest absolute Gasteiger partial charge is 0.317 e. The van der Waals surface area contributed by atoms with Crippen molar-refractivity contribution >= 4 is 23.7 Å². The van der Waals surface area contributed by atoms with Crippen LogP contribution in [0.3, 0.4) is 0 Å². The number of benzene rings is 1. The molecule has 0 amide bonds. The van der Waals surface area contributed by atoms with E-state index in [1.165, 1.54) is 18.2 Å². The van der Waals surface area contributed by atoms with Crippen molar-refractivity contribution < 1.29 is 19.2 Å². The summed E-state index contributed by atoms with van der Waals surface area (Å²) >= 11 is 0. The zero-order valence-electron chi connectivity index (χ0n) is 9.66. The zero-order valence-corrected chi connectivity index (χ0v) is 9.66. The summed E-state index contributed by atoms with van der Waals surface area (Å²) in [6.07, 6.45) is 2.96. The van der Waals surface area contributed by atoms with Crippen LogP contribution in [0, 0.1) is 10.1 Å². The number of rotatable bonds is 4. The van der Waals surface area contributed by atoms with Gasteiger partial charge in [0.05, 0.1) is 11.3 Å². The highest BCUT2D eigenvalue weighted by Gasteiger charge is 2.05. The molecule has 6 nitrogen and oxygen atoms in total. The van der Waals surface area contributed by atoms with Gasteiger partial charge in [0.15, 0.2) is 0 Å². The lowest BCUT2D eigenvalue weighted by Crippen LogP contribution is -2.07. The number of hydrogen-bond acceptors (Lipinski definition) is 5. The molecule has 0 aliphatic rings. The monoisotopic (exact) mass is 249 g/mol. The maximum absolute atomic E-state index is 11.0. The van der Waals surface area contributed by atoms with Gasteiger partial charge in [0.25, 0.3) is 5.69 Å². The van der Waals surface area contributed by atoms with E-state index in [2.05, 4.69) is 4.74 Å². The van der Waals surface area contributed by atoms with E-state index >= 15 is 0 Å². The van der Waals surface area contributed by atoms with Gasteiger partial charge >= 0.3 is 11.9 Å². The number of ether oxygens (including phenoxy) is 1. The molecule has 0 aromatic heterocycles. The van der Waals surface area contributed by atoms with Crippen molar-refractivity contribution in [1.82, 2.24) is 0 Å². The van der Waals surface area contributed by atoms with E-state index in [1.54, 1.807) is 18.2 Å². The lowest BCUT2D eigenvalue weighted by atomic mass is 10.2. The third-order valence-corrected chi connectivity index (χ3v) is 1.93. The number of esters is 2. The molecule has 0 aliphatic heterocycles. The largest absolute Gasteiger partial charge is 0.393 e. The van der Waals surface area contributed by atoms with Gasteiger partial charge in [-0.1, -0.05) is 24.3 Å². The van der Waals surface area contributed by atoms with Crippen molar-refractivity contribution in [3.05, 3.63) is 46.0 Å². The molecule has 0 unspecified atom stereocenters. The summed E-state index contributed by atoms with van der Waals surface area (Å²) in [4.78, 5) is 31.5. The lowest BCUT2D eigenvalue weighted by molar-refractivity contribution is -0.384. The summed E-state index contributed by atoms with van der Waals surface area (Å²) in [7, 11) is 0. The van der Waals surface area contributed by atoms with Gasteiger partial charge < -0.3 is 4.74 Å². The highest BCUT2D eigenvalue weighted by molar-refractivity contribution is 5.85. The predicted octanol–water partition coefficient (Wildman–Crippen LogP) is 2.09. The number of nitro groups is 1. The summed E-state index contributed by atoms with van der Waals surface area (Å²) in [6, 6.07) is 5.97. The molecule has 1 aromatic rings. The first-order valence-electron chi connectivity index (χ1n) is 5.11. The van der Waals surface area contributed by atoms with Gasteiger partial charge in [0.1, 0.15) is 0 Å². The van der Waals surface area contributed by atoms with Crippen molar-refractivity contribution in [2.45, 2.75) is 13.3 Å². The standard InChI is InChI=1S/C12H11NO5/c1-9(14)18-12(15)7-3-5-10-4-2-6-11(8-10)13(16)17/h2-6,8H,7H2,1H3. The van der Waals surface area contributed by atoms with Crippen LogP contribution < -0.4 is 0 Å². The van der Waals surface area contributed by atoms with Crippen molar-refractivity contribution in [3.63, 3.8) is 0 Å². The van der Waals surface area contributed by atoms with Gasteiger partial charge in [-0.2, -0.15) is 0 Å². The second-order valence-corrected chi connectivity index (χ2v) is 3.42. The Morgan fingerprint density at radius 1 is 1.44 bits per heavy atom. The molecule has 0 fully saturated rings. The molecule has 0 saturated carbocycles. The molecule has 0 spiro atoms. The van der Waals surface area contributed by atoms with E-state index in [4.69, 9.17) is 0 Å². The van der Waals surface area contributed by atoms with Crippen molar-refractivity contribution in [1.29, 1.82) is 0 Å². The molecule has 18 heavy (non-hydrogen) atoms. The van der Waals surface area contributed by atoms with Crippen LogP contribution in [-0.4, -0.2) is 16.9 Å². The maximum Gasteiger partial charge on any atom is 0.317 e. The van der Waals surface area contributed by atoms with Crippen LogP contribution in [-0.2, 0) is 14.3 Å². The van der Waals surface area contributed by atoms with Gasteiger partial charge in [0.2, 0.25) is 0 Å². The number of nitro benzene ring substituents is 1. The molecule has 0 atom stereocenters. The number of hydrogen-bond donors (Lipinski definition) is 0. The quantitative estimate of drug-likeness (QED) is 0.353. The Morgan fingerprint density at radius 2 is 2.17 bits per heavy atom. The van der Waals surface area contributed by atoms with Crippen LogP contribution in [0.5, 0.6) is 0 Å². The molecule has 0 radical (unpaired) electrons. The summed E-state index contributed by atoms with van der Waals surface area (Å²) in [5.41, 5.74) is 0.572. The normalized spacial score (nSPS) is 10.3. The van der Waals surface area contributed by atoms with Crippen LogP contribution in [0.2, 0.25) is 0 Å². The first kappa shape index (κ1) is 13.6. The molecule has 0 bridgehead atoms. The summed E-state index contributed by atoms with van der Waals surface area (Å²) in [5, 5.41) is 10.5. The summed E-state index contributed by atoms with van der Waals surface area (Å²) < 4.78 is 4.31. The minimum Gasteiger partial charge on any atom is -0.393 e. The Balaban J connectivity index is 2.62. The van der Waals surface area contributed by atoms with Crippen molar-refractivity contribution in [2.75, 3.05) is 0 Å². The van der Waals surface area contributed by atoms with Gasteiger partial charge in [-0.05, 0) is 5.56 Å². The molecular formula is C12H11NO5. The minimum atomic E-state index is -0.663. The Kier molecular flexibility index (Phi) is 4.74. The highest BCUT2D eigenvalue weighted by Crippen LogP contribution is 2.14. The Hall–Kier alpha value is -2.50. The lowest BCUT2D eigenvalue weighted by Gasteiger charge is -1.96. The molecule has 1 aromatic carbocycles. The van der Waals surface area contributed by atoms with E-state index in [-0.39, 0.29) is 12.1 Å². The molecule has 94 valence electrons. The van der Waals surface area contributed by atoms with E-state index in [0.29, 0.717) is 5.56 Å². The zero-order chi connectivity index (χ0) is 13.5. The molecule has 0 heterocycles. The highest BCUT2D eigenvalue weighted by atomic mass is 16.6. The van der Waals surface area contributed by atoms with E-state index < -0.39 is 16.9 Å². The van der Waals surface area contributed by atoms with Crippen LogP contribution >= 0.6 is 0 Å². The molecule has 6 heteroatoms. The van der Waals surface area contributed by atoms with Gasteiger partial charge in [0, 0.05) is 19.1 Å². The van der Waals surface area contributed by atoms with E-state index in [9.17, 15) is 19.7 Å². The molecule has 0 saturated heterocycles. The third kappa shape index (κ3) is 4.56. The summed E-state index contributed by atoms with van der Waals surface area (Å²) in [6.45, 7) is 1.14. The van der Waals surface area contributed by atoms with Crippen molar-refractivity contribution in [2.24, 2.45) is 0 Å². The SMILES string of the molecule is CC(=O)OC(=O)CC=Cc1cccc([N+](=O)[O-])c1. The van der Waals surface area contributed by atoms with Gasteiger partial charge in [-0.3, -0.25) is 19.7 Å². The van der Waals surface area contributed by atoms with Crippen LogP contribution in [0.25, 0.3) is 6.08 Å². The second kappa shape index (κ2) is 6.29. The minimum absolute atomic E-state index is 0.0246. The molecule has 0 aliphatic carbocycles. The Labute approximate surface area is 103 Å². The Bertz CT molecular complexity index is 507. The first-order chi connectivity index (χ1) is 8.49. The van der Waals surface area contributed by atoms with Crippen LogP contribution in [0.1, 0.15) is 18.9 Å². The maximum atomic E-state index is 11.0. The third-order valence-electron chi connectivity index (χ3n) is 1.93. The number of carbonyl (C=O) groups excluding carboxylic acids is 2. The van der Waals surface area contributed by atoms with E-state index in [0.717, 1.165) is 6.92 Å². The molecule has 1 rings (SSSR count). The van der Waals surface area contributed by atoms with Crippen LogP contribution in [0.15, 0.2) is 30.3 Å². The average Bonchev–Trinajstić information content (AvgIpc) is 2.28. The predicted molar refractivity (Wildman–Crippen MR) is 63.5 cm³/mol. The fourth-order valence-electron chi connectivity index (χ4n) is 1.24. The fraction of sp³-hybridized carbons (Fsp3) is 0.167. The second-order valence-electron chi connectivity index (χ2n) is 3.42. The van der Waals surface area contributed by atoms with Crippen LogP contribution in [0.4, 0.5) is 5.69 Å². The number of nitrogens with zero attached hydrogens (tertiary/aromatic N) is 1. The summed E-state index contributed by atoms with van der Waals surface area (Å²) in [5.74, 6) is -1.33. The van der Waals surface area contributed by atoms with Crippen molar-refractivity contribution in [3.8, 4) is 0 Å². The molecule has 0 N–H and O–H groups in total.